The van der Waals surface area contributed by atoms with E-state index >= 15 is 0 Å². The molecular formula is C9H11NO2S. The normalized spacial score (nSPS) is 19.5. The molecule has 1 aromatic rings. The van der Waals surface area contributed by atoms with Crippen molar-refractivity contribution in [3.63, 3.8) is 0 Å². The van der Waals surface area contributed by atoms with Crippen molar-refractivity contribution in [1.82, 2.24) is 4.72 Å². The first-order chi connectivity index (χ1) is 6.08. The van der Waals surface area contributed by atoms with Gasteiger partial charge in [-0.2, -0.15) is 0 Å². The third-order valence-corrected chi connectivity index (χ3v) is 3.60. The Kier molecular flexibility index (Phi) is 1.89. The Bertz CT molecular complexity index is 437. The van der Waals surface area contributed by atoms with Crippen LogP contribution in [0.5, 0.6) is 0 Å². The fourth-order valence-electron chi connectivity index (χ4n) is 1.59. The van der Waals surface area contributed by atoms with Crippen LogP contribution in [0.2, 0.25) is 0 Å². The molecule has 0 bridgehead atoms. The maximum atomic E-state index is 11.2. The molecular weight excluding hydrogens is 186 g/mol. The number of rotatable bonds is 0. The van der Waals surface area contributed by atoms with Gasteiger partial charge >= 0.3 is 0 Å². The standard InChI is InChI=1S/C9H11NO2S/c1-7-3-2-4-8-6-13(11,12)10-5-9(7)8/h2-4,10H,5-6H2,1H3. The second-order valence-electron chi connectivity index (χ2n) is 3.29. The molecule has 0 amide bonds. The molecule has 0 saturated carbocycles. The zero-order valence-corrected chi connectivity index (χ0v) is 8.19. The van der Waals surface area contributed by atoms with Crippen molar-refractivity contribution < 1.29 is 8.42 Å². The molecule has 1 N–H and O–H groups in total. The first-order valence-electron chi connectivity index (χ1n) is 4.13. The van der Waals surface area contributed by atoms with E-state index in [1.54, 1.807) is 0 Å². The summed E-state index contributed by atoms with van der Waals surface area (Å²) in [7, 11) is -3.06. The van der Waals surface area contributed by atoms with Gasteiger partial charge in [0.05, 0.1) is 5.75 Å². The Morgan fingerprint density at radius 1 is 1.38 bits per heavy atom. The Morgan fingerprint density at radius 2 is 2.15 bits per heavy atom. The van der Waals surface area contributed by atoms with Gasteiger partial charge in [0.1, 0.15) is 0 Å². The van der Waals surface area contributed by atoms with E-state index in [1.165, 1.54) is 0 Å². The lowest BCUT2D eigenvalue weighted by atomic mass is 10.0. The molecule has 0 unspecified atom stereocenters. The molecule has 1 aliphatic heterocycles. The van der Waals surface area contributed by atoms with Crippen LogP contribution in [-0.4, -0.2) is 8.42 Å². The maximum Gasteiger partial charge on any atom is 0.216 e. The van der Waals surface area contributed by atoms with Gasteiger partial charge in [-0.3, -0.25) is 0 Å². The molecule has 70 valence electrons. The fourth-order valence-corrected chi connectivity index (χ4v) is 2.74. The van der Waals surface area contributed by atoms with Crippen LogP contribution in [0, 0.1) is 6.92 Å². The Balaban J connectivity index is 2.54. The number of benzene rings is 1. The molecule has 2 rings (SSSR count). The van der Waals surface area contributed by atoms with Crippen molar-refractivity contribution in [1.29, 1.82) is 0 Å². The molecule has 13 heavy (non-hydrogen) atoms. The zero-order valence-electron chi connectivity index (χ0n) is 7.37. The minimum absolute atomic E-state index is 0.115. The summed E-state index contributed by atoms with van der Waals surface area (Å²) in [6.45, 7) is 2.43. The average molecular weight is 197 g/mol. The highest BCUT2D eigenvalue weighted by Gasteiger charge is 2.20. The van der Waals surface area contributed by atoms with E-state index in [4.69, 9.17) is 0 Å². The fraction of sp³-hybridized carbons (Fsp3) is 0.333. The van der Waals surface area contributed by atoms with E-state index in [0.717, 1.165) is 16.7 Å². The summed E-state index contributed by atoms with van der Waals surface area (Å²) in [6, 6.07) is 5.77. The smallest absolute Gasteiger partial charge is 0.212 e. The first-order valence-corrected chi connectivity index (χ1v) is 5.78. The van der Waals surface area contributed by atoms with Crippen molar-refractivity contribution in [3.8, 4) is 0 Å². The predicted molar refractivity (Wildman–Crippen MR) is 50.6 cm³/mol. The van der Waals surface area contributed by atoms with Crippen LogP contribution in [0.1, 0.15) is 16.7 Å². The second-order valence-corrected chi connectivity index (χ2v) is 5.10. The van der Waals surface area contributed by atoms with Crippen LogP contribution < -0.4 is 4.72 Å². The Morgan fingerprint density at radius 3 is 2.92 bits per heavy atom. The quantitative estimate of drug-likeness (QED) is 0.672. The van der Waals surface area contributed by atoms with Gasteiger partial charge < -0.3 is 0 Å². The first kappa shape index (κ1) is 8.72. The molecule has 4 heteroatoms. The summed E-state index contributed by atoms with van der Waals surface area (Å²) >= 11 is 0. The monoisotopic (exact) mass is 197 g/mol. The second kappa shape index (κ2) is 2.82. The van der Waals surface area contributed by atoms with Crippen LogP contribution in [-0.2, 0) is 22.3 Å². The summed E-state index contributed by atoms with van der Waals surface area (Å²) in [5.74, 6) is 0.115. The predicted octanol–water partition coefficient (Wildman–Crippen LogP) is 0.928. The summed E-state index contributed by atoms with van der Waals surface area (Å²) in [6.07, 6.45) is 0. The topological polar surface area (TPSA) is 46.2 Å². The largest absolute Gasteiger partial charge is 0.216 e. The molecule has 0 radical (unpaired) electrons. The van der Waals surface area contributed by atoms with E-state index in [9.17, 15) is 8.42 Å². The van der Waals surface area contributed by atoms with Crippen molar-refractivity contribution >= 4 is 10.0 Å². The van der Waals surface area contributed by atoms with Crippen LogP contribution in [0.4, 0.5) is 0 Å². The highest BCUT2D eigenvalue weighted by molar-refractivity contribution is 7.88. The summed E-state index contributed by atoms with van der Waals surface area (Å²) < 4.78 is 25.0. The highest BCUT2D eigenvalue weighted by Crippen LogP contribution is 2.20. The van der Waals surface area contributed by atoms with E-state index in [2.05, 4.69) is 4.72 Å². The van der Waals surface area contributed by atoms with Gasteiger partial charge in [0, 0.05) is 6.54 Å². The molecule has 0 aromatic heterocycles. The minimum atomic E-state index is -3.06. The van der Waals surface area contributed by atoms with Crippen LogP contribution in [0.3, 0.4) is 0 Å². The van der Waals surface area contributed by atoms with Gasteiger partial charge in [0.15, 0.2) is 0 Å². The van der Waals surface area contributed by atoms with Crippen LogP contribution >= 0.6 is 0 Å². The van der Waals surface area contributed by atoms with E-state index in [1.807, 2.05) is 25.1 Å². The Labute approximate surface area is 77.8 Å². The van der Waals surface area contributed by atoms with Gasteiger partial charge in [0.25, 0.3) is 0 Å². The molecule has 0 fully saturated rings. The average Bonchev–Trinajstić information content (AvgIpc) is 2.02. The molecule has 3 nitrogen and oxygen atoms in total. The molecule has 0 saturated heterocycles. The number of aryl methyl sites for hydroxylation is 1. The molecule has 0 atom stereocenters. The van der Waals surface area contributed by atoms with Gasteiger partial charge in [-0.05, 0) is 23.6 Å². The van der Waals surface area contributed by atoms with Crippen molar-refractivity contribution in [3.05, 3.63) is 34.9 Å². The summed E-state index contributed by atoms with van der Waals surface area (Å²) in [5.41, 5.74) is 3.20. The maximum absolute atomic E-state index is 11.2. The molecule has 0 aliphatic carbocycles. The lowest BCUT2D eigenvalue weighted by molar-refractivity contribution is 0.575. The zero-order chi connectivity index (χ0) is 9.47. The SMILES string of the molecule is Cc1cccc2c1CNS(=O)(=O)C2. The van der Waals surface area contributed by atoms with E-state index < -0.39 is 10.0 Å². The number of sulfonamides is 1. The summed E-state index contributed by atoms with van der Waals surface area (Å²) in [5, 5.41) is 0. The van der Waals surface area contributed by atoms with Crippen molar-refractivity contribution in [2.24, 2.45) is 0 Å². The third-order valence-electron chi connectivity index (χ3n) is 2.32. The van der Waals surface area contributed by atoms with Gasteiger partial charge in [0.2, 0.25) is 10.0 Å². The van der Waals surface area contributed by atoms with Crippen molar-refractivity contribution in [2.75, 3.05) is 0 Å². The number of hydrogen-bond donors (Lipinski definition) is 1. The van der Waals surface area contributed by atoms with Gasteiger partial charge in [-0.15, -0.1) is 0 Å². The van der Waals surface area contributed by atoms with E-state index in [0.29, 0.717) is 6.54 Å². The lowest BCUT2D eigenvalue weighted by Gasteiger charge is -2.18. The van der Waals surface area contributed by atoms with Crippen molar-refractivity contribution in [2.45, 2.75) is 19.2 Å². The lowest BCUT2D eigenvalue weighted by Crippen LogP contribution is -2.30. The minimum Gasteiger partial charge on any atom is -0.212 e. The molecule has 1 heterocycles. The van der Waals surface area contributed by atoms with Gasteiger partial charge in [-0.25, -0.2) is 13.1 Å². The van der Waals surface area contributed by atoms with Crippen LogP contribution in [0.25, 0.3) is 0 Å². The number of fused-ring (bicyclic) bond motifs is 1. The Hall–Kier alpha value is -0.870. The molecule has 1 aliphatic rings. The van der Waals surface area contributed by atoms with E-state index in [-0.39, 0.29) is 5.75 Å². The highest BCUT2D eigenvalue weighted by atomic mass is 32.2. The number of nitrogens with one attached hydrogen (secondary N) is 1. The third kappa shape index (κ3) is 1.59. The van der Waals surface area contributed by atoms with Crippen LogP contribution in [0.15, 0.2) is 18.2 Å². The molecule has 1 aromatic carbocycles. The summed E-state index contributed by atoms with van der Waals surface area (Å²) in [4.78, 5) is 0. The number of hydrogen-bond acceptors (Lipinski definition) is 2. The van der Waals surface area contributed by atoms with Gasteiger partial charge in [-0.1, -0.05) is 18.2 Å². The molecule has 0 spiro atoms.